The number of nitrogens with two attached hydrogens (primary N) is 1. The Bertz CT molecular complexity index is 1270. The smallest absolute Gasteiger partial charge is 0.275 e. The number of carbonyl (C=O) groups is 2. The Morgan fingerprint density at radius 1 is 1.30 bits per heavy atom. The second-order valence-electron chi connectivity index (χ2n) is 9.41. The molecule has 1 aromatic heterocycles. The van der Waals surface area contributed by atoms with Gasteiger partial charge in [-0.15, -0.1) is 6.42 Å². The molecular formula is C26H29FN6O3S. The summed E-state index contributed by atoms with van der Waals surface area (Å²) in [4.78, 5) is 40.8. The molecule has 3 heterocycles. The first kappa shape index (κ1) is 26.4. The van der Waals surface area contributed by atoms with E-state index in [0.717, 1.165) is 12.8 Å². The van der Waals surface area contributed by atoms with Gasteiger partial charge in [0, 0.05) is 30.3 Å². The average molecular weight is 525 g/mol. The third-order valence-electron chi connectivity index (χ3n) is 7.08. The summed E-state index contributed by atoms with van der Waals surface area (Å²) < 4.78 is 19.5. The summed E-state index contributed by atoms with van der Waals surface area (Å²) in [6, 6.07) is 4.23. The van der Waals surface area contributed by atoms with Crippen LogP contribution in [0.3, 0.4) is 0 Å². The highest BCUT2D eigenvalue weighted by molar-refractivity contribution is 8.15. The van der Waals surface area contributed by atoms with E-state index in [9.17, 15) is 9.59 Å². The predicted octanol–water partition coefficient (Wildman–Crippen LogP) is 3.17. The van der Waals surface area contributed by atoms with E-state index < -0.39 is 27.9 Å². The van der Waals surface area contributed by atoms with Crippen molar-refractivity contribution in [2.75, 3.05) is 25.0 Å². The minimum atomic E-state index is -1.15. The Balaban J connectivity index is 1.61. The topological polar surface area (TPSA) is 123 Å². The Morgan fingerprint density at radius 2 is 2.03 bits per heavy atom. The third-order valence-corrected chi connectivity index (χ3v) is 8.33. The van der Waals surface area contributed by atoms with Crippen LogP contribution in [0, 0.1) is 24.1 Å². The quantitative estimate of drug-likeness (QED) is 0.557. The summed E-state index contributed by atoms with van der Waals surface area (Å²) in [7, 11) is 0. The lowest BCUT2D eigenvalue weighted by molar-refractivity contribution is -0.134. The molecule has 11 heteroatoms. The van der Waals surface area contributed by atoms with Crippen LogP contribution >= 0.6 is 11.8 Å². The van der Waals surface area contributed by atoms with E-state index in [1.807, 2.05) is 18.7 Å². The van der Waals surface area contributed by atoms with Crippen molar-refractivity contribution in [1.29, 1.82) is 0 Å². The number of ether oxygens (including phenoxy) is 1. The number of likely N-dealkylation sites (tertiary alicyclic amines) is 1. The maximum atomic E-state index is 15.3. The first-order valence-corrected chi connectivity index (χ1v) is 12.7. The molecule has 194 valence electrons. The largest absolute Gasteiger partial charge is 0.463 e. The maximum absolute atomic E-state index is 15.3. The SMILES string of the molecule is C#CCOc1cnc(C(=O)Nc2ccc(F)c([C@@]3(C)N=C(N)S[C@](C)(C(=O)N4CCCC4)[C@H]3C)c2)cn1. The van der Waals surface area contributed by atoms with Crippen LogP contribution in [0.1, 0.15) is 49.7 Å². The van der Waals surface area contributed by atoms with Gasteiger partial charge in [0.25, 0.3) is 5.91 Å². The van der Waals surface area contributed by atoms with Gasteiger partial charge in [0.1, 0.15) is 16.3 Å². The van der Waals surface area contributed by atoms with Crippen LogP contribution in [0.4, 0.5) is 10.1 Å². The van der Waals surface area contributed by atoms with Gasteiger partial charge in [-0.2, -0.15) is 0 Å². The molecule has 0 aliphatic carbocycles. The summed E-state index contributed by atoms with van der Waals surface area (Å²) in [5.74, 6) is 1.03. The number of hydrogen-bond acceptors (Lipinski definition) is 8. The normalized spacial score (nSPS) is 25.2. The molecule has 0 saturated carbocycles. The number of benzene rings is 1. The van der Waals surface area contributed by atoms with Gasteiger partial charge >= 0.3 is 0 Å². The molecule has 1 saturated heterocycles. The van der Waals surface area contributed by atoms with Gasteiger partial charge in [0.15, 0.2) is 11.8 Å². The highest BCUT2D eigenvalue weighted by Gasteiger charge is 2.55. The molecule has 9 nitrogen and oxygen atoms in total. The number of carbonyl (C=O) groups excluding carboxylic acids is 2. The number of halogens is 1. The molecule has 2 aliphatic heterocycles. The fourth-order valence-corrected chi connectivity index (χ4v) is 6.05. The molecule has 2 aromatic rings. The van der Waals surface area contributed by atoms with E-state index in [1.165, 1.54) is 42.4 Å². The highest BCUT2D eigenvalue weighted by Crippen LogP contribution is 2.51. The zero-order chi connectivity index (χ0) is 26.8. The van der Waals surface area contributed by atoms with Crippen molar-refractivity contribution in [2.45, 2.75) is 43.9 Å². The van der Waals surface area contributed by atoms with Crippen molar-refractivity contribution < 1.29 is 18.7 Å². The lowest BCUT2D eigenvalue weighted by atomic mass is 9.73. The molecule has 2 amide bonds. The third kappa shape index (κ3) is 5.11. The Kier molecular flexibility index (Phi) is 7.41. The van der Waals surface area contributed by atoms with Crippen LogP contribution in [-0.4, -0.2) is 56.3 Å². The van der Waals surface area contributed by atoms with Crippen molar-refractivity contribution in [1.82, 2.24) is 14.9 Å². The Morgan fingerprint density at radius 3 is 2.68 bits per heavy atom. The van der Waals surface area contributed by atoms with E-state index in [1.54, 1.807) is 6.92 Å². The zero-order valence-corrected chi connectivity index (χ0v) is 21.8. The summed E-state index contributed by atoms with van der Waals surface area (Å²) >= 11 is 1.22. The van der Waals surface area contributed by atoms with Crippen LogP contribution in [0.5, 0.6) is 5.88 Å². The second-order valence-corrected chi connectivity index (χ2v) is 10.9. The minimum absolute atomic E-state index is 0.0234. The Hall–Kier alpha value is -3.65. The number of aromatic nitrogens is 2. The fourth-order valence-electron chi connectivity index (χ4n) is 4.76. The molecule has 3 atom stereocenters. The fraction of sp³-hybridized carbons (Fsp3) is 0.423. The molecule has 2 aliphatic rings. The lowest BCUT2D eigenvalue weighted by Gasteiger charge is -2.47. The molecule has 3 N–H and O–H groups in total. The van der Waals surface area contributed by atoms with Crippen LogP contribution < -0.4 is 15.8 Å². The van der Waals surface area contributed by atoms with Crippen LogP contribution in [0.2, 0.25) is 0 Å². The van der Waals surface area contributed by atoms with E-state index in [2.05, 4.69) is 26.2 Å². The summed E-state index contributed by atoms with van der Waals surface area (Å²) in [6.45, 7) is 6.94. The number of rotatable bonds is 6. The summed E-state index contributed by atoms with van der Waals surface area (Å²) in [6.07, 6.45) is 9.62. The van der Waals surface area contributed by atoms with Crippen molar-refractivity contribution in [2.24, 2.45) is 16.6 Å². The zero-order valence-electron chi connectivity index (χ0n) is 21.0. The number of thioether (sulfide) groups is 1. The van der Waals surface area contributed by atoms with Crippen molar-refractivity contribution in [3.05, 3.63) is 47.7 Å². The second kappa shape index (κ2) is 10.4. The van der Waals surface area contributed by atoms with Gasteiger partial charge in [0.05, 0.1) is 17.9 Å². The molecule has 0 radical (unpaired) electrons. The first-order valence-electron chi connectivity index (χ1n) is 11.9. The van der Waals surface area contributed by atoms with E-state index >= 15 is 4.39 Å². The van der Waals surface area contributed by atoms with E-state index in [4.69, 9.17) is 16.9 Å². The Labute approximate surface area is 219 Å². The van der Waals surface area contributed by atoms with Crippen LogP contribution in [-0.2, 0) is 10.3 Å². The van der Waals surface area contributed by atoms with Gasteiger partial charge < -0.3 is 20.7 Å². The van der Waals surface area contributed by atoms with Crippen LogP contribution in [0.15, 0.2) is 35.6 Å². The molecular weight excluding hydrogens is 495 g/mol. The molecule has 37 heavy (non-hydrogen) atoms. The van der Waals surface area contributed by atoms with Crippen molar-refractivity contribution >= 4 is 34.4 Å². The molecule has 4 rings (SSSR count). The molecule has 0 unspecified atom stereocenters. The van der Waals surface area contributed by atoms with Gasteiger partial charge in [0.2, 0.25) is 11.8 Å². The van der Waals surface area contributed by atoms with Gasteiger partial charge in [-0.1, -0.05) is 24.6 Å². The summed E-state index contributed by atoms with van der Waals surface area (Å²) in [5, 5.41) is 2.93. The molecule has 1 fully saturated rings. The predicted molar refractivity (Wildman–Crippen MR) is 141 cm³/mol. The van der Waals surface area contributed by atoms with Gasteiger partial charge in [-0.3, -0.25) is 14.6 Å². The number of amides is 2. The summed E-state index contributed by atoms with van der Waals surface area (Å²) in [5.41, 5.74) is 5.68. The molecule has 0 spiro atoms. The standard InChI is InChI=1S/C26H29FN6O3S/c1-5-12-36-21-15-29-20(14-30-21)22(34)31-17-8-9-19(27)18(13-17)25(3)16(2)26(4,37-24(28)32-25)23(35)33-10-6-7-11-33/h1,8-9,13-16H,6-7,10-12H2,2-4H3,(H2,28,32)(H,31,34)/t16-,25-,26-/m0/s1. The first-order chi connectivity index (χ1) is 17.6. The number of terminal acetylenes is 1. The number of nitrogens with one attached hydrogen (secondary N) is 1. The lowest BCUT2D eigenvalue weighted by Crippen LogP contribution is -2.56. The number of aliphatic imine (C=N–C) groups is 1. The van der Waals surface area contributed by atoms with E-state index in [0.29, 0.717) is 18.8 Å². The molecule has 1 aromatic carbocycles. The van der Waals surface area contributed by atoms with Gasteiger partial charge in [-0.05, 0) is 44.9 Å². The highest BCUT2D eigenvalue weighted by atomic mass is 32.2. The number of hydrogen-bond donors (Lipinski definition) is 2. The van der Waals surface area contributed by atoms with Crippen molar-refractivity contribution in [3.63, 3.8) is 0 Å². The average Bonchev–Trinajstić information content (AvgIpc) is 3.42. The van der Waals surface area contributed by atoms with Gasteiger partial charge in [-0.25, -0.2) is 14.4 Å². The minimum Gasteiger partial charge on any atom is -0.463 e. The van der Waals surface area contributed by atoms with Crippen LogP contribution in [0.25, 0.3) is 0 Å². The van der Waals surface area contributed by atoms with E-state index in [-0.39, 0.29) is 34.8 Å². The maximum Gasteiger partial charge on any atom is 0.275 e. The molecule has 0 bridgehead atoms. The van der Waals surface area contributed by atoms with Crippen molar-refractivity contribution in [3.8, 4) is 18.2 Å². The number of anilines is 1. The number of amidine groups is 1. The number of nitrogens with zero attached hydrogens (tertiary/aromatic N) is 4. The monoisotopic (exact) mass is 524 g/mol.